The van der Waals surface area contributed by atoms with Crippen LogP contribution < -0.4 is 0 Å². The first-order valence-corrected chi connectivity index (χ1v) is 7.10. The molecule has 1 aliphatic heterocycles. The number of ketones is 1. The van der Waals surface area contributed by atoms with Gasteiger partial charge in [-0.3, -0.25) is 4.79 Å². The minimum atomic E-state index is 0.236. The molecule has 0 spiro atoms. The predicted octanol–water partition coefficient (Wildman–Crippen LogP) is 2.62. The average molecular weight is 261 g/mol. The highest BCUT2D eigenvalue weighted by molar-refractivity contribution is 5.96. The van der Waals surface area contributed by atoms with Crippen molar-refractivity contribution in [3.05, 3.63) is 35.9 Å². The van der Waals surface area contributed by atoms with Gasteiger partial charge in [-0.25, -0.2) is 0 Å². The molecule has 1 aromatic rings. The molecule has 0 unspecified atom stereocenters. The van der Waals surface area contributed by atoms with Crippen LogP contribution in [0.2, 0.25) is 0 Å². The number of nitrogens with zero attached hydrogens (tertiary/aromatic N) is 1. The van der Waals surface area contributed by atoms with E-state index in [0.29, 0.717) is 6.42 Å². The van der Waals surface area contributed by atoms with Gasteiger partial charge in [0.15, 0.2) is 5.78 Å². The fourth-order valence-electron chi connectivity index (χ4n) is 2.52. The molecule has 0 bridgehead atoms. The van der Waals surface area contributed by atoms with Crippen molar-refractivity contribution in [2.24, 2.45) is 5.92 Å². The Balaban J connectivity index is 1.71. The van der Waals surface area contributed by atoms with Crippen molar-refractivity contribution < 1.29 is 9.53 Å². The molecule has 1 fully saturated rings. The maximum Gasteiger partial charge on any atom is 0.164 e. The Hall–Kier alpha value is -1.19. The van der Waals surface area contributed by atoms with Gasteiger partial charge in [-0.2, -0.15) is 0 Å². The van der Waals surface area contributed by atoms with Crippen molar-refractivity contribution >= 4 is 5.78 Å². The first-order chi connectivity index (χ1) is 9.25. The highest BCUT2D eigenvalue weighted by Gasteiger charge is 2.16. The molecule has 1 aromatic carbocycles. The van der Waals surface area contributed by atoms with Crippen molar-refractivity contribution in [2.45, 2.75) is 19.3 Å². The predicted molar refractivity (Wildman–Crippen MR) is 76.4 cm³/mol. The lowest BCUT2D eigenvalue weighted by molar-refractivity contribution is 0.0553. The van der Waals surface area contributed by atoms with Crippen molar-refractivity contribution in [3.63, 3.8) is 0 Å². The van der Waals surface area contributed by atoms with Crippen LogP contribution in [0.3, 0.4) is 0 Å². The lowest BCUT2D eigenvalue weighted by atomic mass is 9.99. The van der Waals surface area contributed by atoms with Crippen LogP contribution in [-0.2, 0) is 4.74 Å². The third-order valence-electron chi connectivity index (χ3n) is 3.73. The first-order valence-electron chi connectivity index (χ1n) is 7.10. The van der Waals surface area contributed by atoms with E-state index in [1.54, 1.807) is 0 Å². The average Bonchev–Trinajstić information content (AvgIpc) is 2.47. The molecule has 1 saturated heterocycles. The van der Waals surface area contributed by atoms with Gasteiger partial charge in [0.1, 0.15) is 0 Å². The summed E-state index contributed by atoms with van der Waals surface area (Å²) in [6, 6.07) is 9.55. The SMILES string of the molecule is CN(CCC(=O)c1ccccc1)CC1CCOCC1. The largest absolute Gasteiger partial charge is 0.381 e. The van der Waals surface area contributed by atoms with Crippen LogP contribution in [0, 0.1) is 5.92 Å². The first kappa shape index (κ1) is 14.2. The van der Waals surface area contributed by atoms with Gasteiger partial charge in [-0.1, -0.05) is 30.3 Å². The summed E-state index contributed by atoms with van der Waals surface area (Å²) in [5, 5.41) is 0. The molecule has 0 saturated carbocycles. The second kappa shape index (κ2) is 7.41. The molecule has 0 aromatic heterocycles. The summed E-state index contributed by atoms with van der Waals surface area (Å²) in [4.78, 5) is 14.3. The van der Waals surface area contributed by atoms with Gasteiger partial charge < -0.3 is 9.64 Å². The minimum Gasteiger partial charge on any atom is -0.381 e. The smallest absolute Gasteiger partial charge is 0.164 e. The van der Waals surface area contributed by atoms with Crippen LogP contribution >= 0.6 is 0 Å². The monoisotopic (exact) mass is 261 g/mol. The molecule has 19 heavy (non-hydrogen) atoms. The van der Waals surface area contributed by atoms with Crippen LogP contribution in [-0.4, -0.2) is 44.0 Å². The summed E-state index contributed by atoms with van der Waals surface area (Å²) in [7, 11) is 2.10. The lowest BCUT2D eigenvalue weighted by Gasteiger charge is -2.26. The third-order valence-corrected chi connectivity index (χ3v) is 3.73. The summed E-state index contributed by atoms with van der Waals surface area (Å²) in [5.74, 6) is 0.963. The van der Waals surface area contributed by atoms with E-state index < -0.39 is 0 Å². The number of benzene rings is 1. The van der Waals surface area contributed by atoms with E-state index in [2.05, 4.69) is 11.9 Å². The Bertz CT molecular complexity index is 385. The molecule has 0 radical (unpaired) electrons. The van der Waals surface area contributed by atoms with Crippen molar-refractivity contribution in [1.82, 2.24) is 4.90 Å². The summed E-state index contributed by atoms with van der Waals surface area (Å²) in [5.41, 5.74) is 0.821. The standard InChI is InChI=1S/C16H23NO2/c1-17(13-14-8-11-19-12-9-14)10-7-16(18)15-5-3-2-4-6-15/h2-6,14H,7-13H2,1H3. The third kappa shape index (κ3) is 4.77. The molecular formula is C16H23NO2. The zero-order valence-corrected chi connectivity index (χ0v) is 11.7. The number of Topliss-reactive ketones (excluding diaryl/α,β-unsaturated/α-hetero) is 1. The molecule has 1 heterocycles. The zero-order chi connectivity index (χ0) is 13.5. The number of hydrogen-bond acceptors (Lipinski definition) is 3. The van der Waals surface area contributed by atoms with E-state index >= 15 is 0 Å². The second-order valence-electron chi connectivity index (χ2n) is 5.36. The molecule has 3 nitrogen and oxygen atoms in total. The van der Waals surface area contributed by atoms with Crippen molar-refractivity contribution in [1.29, 1.82) is 0 Å². The number of ether oxygens (including phenoxy) is 1. The number of rotatable bonds is 6. The van der Waals surface area contributed by atoms with Gasteiger partial charge in [-0.15, -0.1) is 0 Å². The number of hydrogen-bond donors (Lipinski definition) is 0. The minimum absolute atomic E-state index is 0.236. The Labute approximate surface area is 115 Å². The zero-order valence-electron chi connectivity index (χ0n) is 11.7. The molecule has 0 N–H and O–H groups in total. The fraction of sp³-hybridized carbons (Fsp3) is 0.562. The maximum absolute atomic E-state index is 12.0. The summed E-state index contributed by atoms with van der Waals surface area (Å²) >= 11 is 0. The van der Waals surface area contributed by atoms with Crippen LogP contribution in [0.25, 0.3) is 0 Å². The maximum atomic E-state index is 12.0. The van der Waals surface area contributed by atoms with E-state index in [1.165, 1.54) is 0 Å². The number of carbonyl (C=O) groups is 1. The molecule has 0 atom stereocenters. The van der Waals surface area contributed by atoms with E-state index in [4.69, 9.17) is 4.74 Å². The van der Waals surface area contributed by atoms with E-state index in [9.17, 15) is 4.79 Å². The van der Waals surface area contributed by atoms with E-state index in [-0.39, 0.29) is 5.78 Å². The normalized spacial score (nSPS) is 16.7. The topological polar surface area (TPSA) is 29.5 Å². The van der Waals surface area contributed by atoms with Crippen molar-refractivity contribution in [3.8, 4) is 0 Å². The van der Waals surface area contributed by atoms with Crippen molar-refractivity contribution in [2.75, 3.05) is 33.4 Å². The molecule has 2 rings (SSSR count). The number of carbonyl (C=O) groups excluding carboxylic acids is 1. The van der Waals surface area contributed by atoms with Crippen LogP contribution in [0.15, 0.2) is 30.3 Å². The Morgan fingerprint density at radius 3 is 2.63 bits per heavy atom. The highest BCUT2D eigenvalue weighted by atomic mass is 16.5. The molecular weight excluding hydrogens is 238 g/mol. The second-order valence-corrected chi connectivity index (χ2v) is 5.36. The molecule has 0 aliphatic carbocycles. The Morgan fingerprint density at radius 2 is 1.95 bits per heavy atom. The summed E-state index contributed by atoms with van der Waals surface area (Å²) in [6.07, 6.45) is 2.90. The lowest BCUT2D eigenvalue weighted by Crippen LogP contribution is -2.31. The fourth-order valence-corrected chi connectivity index (χ4v) is 2.52. The molecule has 0 amide bonds. The van der Waals surface area contributed by atoms with E-state index in [0.717, 1.165) is 50.6 Å². The van der Waals surface area contributed by atoms with Gasteiger partial charge in [0.05, 0.1) is 0 Å². The van der Waals surface area contributed by atoms with Crippen LogP contribution in [0.1, 0.15) is 29.6 Å². The van der Waals surface area contributed by atoms with Gasteiger partial charge >= 0.3 is 0 Å². The summed E-state index contributed by atoms with van der Waals surface area (Å²) < 4.78 is 5.36. The highest BCUT2D eigenvalue weighted by Crippen LogP contribution is 2.15. The Kier molecular flexibility index (Phi) is 5.55. The van der Waals surface area contributed by atoms with Gasteiger partial charge in [-0.05, 0) is 25.8 Å². The van der Waals surface area contributed by atoms with Crippen LogP contribution in [0.4, 0.5) is 0 Å². The van der Waals surface area contributed by atoms with Crippen LogP contribution in [0.5, 0.6) is 0 Å². The quantitative estimate of drug-likeness (QED) is 0.737. The molecule has 104 valence electrons. The Morgan fingerprint density at radius 1 is 1.26 bits per heavy atom. The molecule has 1 aliphatic rings. The van der Waals surface area contributed by atoms with Gasteiger partial charge in [0.2, 0.25) is 0 Å². The molecule has 3 heteroatoms. The van der Waals surface area contributed by atoms with Gasteiger partial charge in [0.25, 0.3) is 0 Å². The van der Waals surface area contributed by atoms with Gasteiger partial charge in [0, 0.05) is 38.3 Å². The summed E-state index contributed by atoms with van der Waals surface area (Å²) in [6.45, 7) is 3.69. The van der Waals surface area contributed by atoms with E-state index in [1.807, 2.05) is 30.3 Å².